The molecule has 120 valence electrons. The number of carbonyl (C=O) groups is 1. The third-order valence-electron chi connectivity index (χ3n) is 3.00. The van der Waals surface area contributed by atoms with Gasteiger partial charge in [-0.1, -0.05) is 17.7 Å². The first-order valence-electron chi connectivity index (χ1n) is 6.77. The van der Waals surface area contributed by atoms with Gasteiger partial charge in [0.2, 0.25) is 0 Å². The number of aryl methyl sites for hydroxylation is 1. The van der Waals surface area contributed by atoms with Gasteiger partial charge >= 0.3 is 0 Å². The average molecular weight is 350 g/mol. The van der Waals surface area contributed by atoms with Crippen LogP contribution in [0.25, 0.3) is 0 Å². The highest BCUT2D eigenvalue weighted by molar-refractivity contribution is 7.80. The summed E-state index contributed by atoms with van der Waals surface area (Å²) in [6.45, 7) is 1.96. The number of thiocarbonyl (C=S) groups is 1. The van der Waals surface area contributed by atoms with Crippen molar-refractivity contribution in [2.24, 2.45) is 0 Å². The maximum absolute atomic E-state index is 12.0. The Balaban J connectivity index is 1.94. The minimum Gasteiger partial charge on any atom is -0.495 e. The Morgan fingerprint density at radius 3 is 2.48 bits per heavy atom. The van der Waals surface area contributed by atoms with Gasteiger partial charge in [0.1, 0.15) is 5.75 Å². The molecule has 1 amide bonds. The van der Waals surface area contributed by atoms with Crippen molar-refractivity contribution in [1.82, 2.24) is 10.9 Å². The Kier molecular flexibility index (Phi) is 5.78. The number of benzene rings is 2. The fourth-order valence-electron chi connectivity index (χ4n) is 1.86. The summed E-state index contributed by atoms with van der Waals surface area (Å²) in [6.07, 6.45) is 0. The third kappa shape index (κ3) is 4.84. The Morgan fingerprint density at radius 2 is 1.83 bits per heavy atom. The monoisotopic (exact) mass is 349 g/mol. The fraction of sp³-hybridized carbons (Fsp3) is 0.125. The van der Waals surface area contributed by atoms with Crippen LogP contribution < -0.4 is 20.9 Å². The summed E-state index contributed by atoms with van der Waals surface area (Å²) in [5, 5.41) is 3.79. The Morgan fingerprint density at radius 1 is 1.13 bits per heavy atom. The summed E-state index contributed by atoms with van der Waals surface area (Å²) in [5.74, 6) is 0.339. The van der Waals surface area contributed by atoms with Crippen molar-refractivity contribution >= 4 is 40.5 Å². The molecule has 0 aromatic heterocycles. The number of hydrogen-bond acceptors (Lipinski definition) is 3. The van der Waals surface area contributed by atoms with E-state index in [2.05, 4.69) is 16.2 Å². The van der Waals surface area contributed by atoms with Gasteiger partial charge < -0.3 is 10.1 Å². The van der Waals surface area contributed by atoms with Gasteiger partial charge in [0.15, 0.2) is 5.11 Å². The molecular weight excluding hydrogens is 334 g/mol. The van der Waals surface area contributed by atoms with Crippen molar-refractivity contribution in [2.45, 2.75) is 6.92 Å². The molecule has 0 aliphatic rings. The van der Waals surface area contributed by atoms with E-state index in [0.717, 1.165) is 5.56 Å². The smallest absolute Gasteiger partial charge is 0.269 e. The molecule has 0 aliphatic carbocycles. The van der Waals surface area contributed by atoms with Crippen LogP contribution in [0.3, 0.4) is 0 Å². The van der Waals surface area contributed by atoms with Crippen molar-refractivity contribution in [3.63, 3.8) is 0 Å². The molecule has 0 saturated carbocycles. The van der Waals surface area contributed by atoms with Crippen molar-refractivity contribution in [2.75, 3.05) is 12.4 Å². The van der Waals surface area contributed by atoms with Gasteiger partial charge in [0.25, 0.3) is 5.91 Å². The van der Waals surface area contributed by atoms with E-state index in [1.807, 2.05) is 25.1 Å². The van der Waals surface area contributed by atoms with E-state index in [9.17, 15) is 4.79 Å². The topological polar surface area (TPSA) is 62.4 Å². The summed E-state index contributed by atoms with van der Waals surface area (Å²) >= 11 is 10.9. The number of methoxy groups -OCH3 is 1. The number of carbonyl (C=O) groups excluding carboxylic acids is 1. The fourth-order valence-corrected chi connectivity index (χ4v) is 2.15. The van der Waals surface area contributed by atoms with Crippen LogP contribution in [0, 0.1) is 6.92 Å². The molecule has 0 radical (unpaired) electrons. The molecule has 2 aromatic carbocycles. The van der Waals surface area contributed by atoms with Gasteiger partial charge in [-0.05, 0) is 61.1 Å². The lowest BCUT2D eigenvalue weighted by molar-refractivity contribution is 0.0944. The SMILES string of the molecule is COc1ccc(C)cc1NC(=S)NNC(=O)c1ccc(Cl)cc1. The van der Waals surface area contributed by atoms with Crippen molar-refractivity contribution < 1.29 is 9.53 Å². The first kappa shape index (κ1) is 17.1. The number of nitrogens with one attached hydrogen (secondary N) is 3. The molecule has 0 spiro atoms. The van der Waals surface area contributed by atoms with Crippen LogP contribution in [0.4, 0.5) is 5.69 Å². The van der Waals surface area contributed by atoms with E-state index < -0.39 is 0 Å². The van der Waals surface area contributed by atoms with Crippen LogP contribution in [0.15, 0.2) is 42.5 Å². The molecule has 2 aromatic rings. The van der Waals surface area contributed by atoms with E-state index in [-0.39, 0.29) is 11.0 Å². The number of hydrazine groups is 1. The van der Waals surface area contributed by atoms with Crippen LogP contribution in [0.5, 0.6) is 5.75 Å². The molecule has 0 unspecified atom stereocenters. The zero-order valence-corrected chi connectivity index (χ0v) is 14.2. The van der Waals surface area contributed by atoms with Gasteiger partial charge in [0.05, 0.1) is 12.8 Å². The lowest BCUT2D eigenvalue weighted by atomic mass is 10.2. The minimum atomic E-state index is -0.318. The zero-order valence-electron chi connectivity index (χ0n) is 12.6. The number of rotatable bonds is 3. The van der Waals surface area contributed by atoms with Gasteiger partial charge in [-0.3, -0.25) is 15.6 Å². The highest BCUT2D eigenvalue weighted by Crippen LogP contribution is 2.24. The van der Waals surface area contributed by atoms with Crippen LogP contribution >= 0.6 is 23.8 Å². The third-order valence-corrected chi connectivity index (χ3v) is 3.46. The second kappa shape index (κ2) is 7.80. The Bertz CT molecular complexity index is 720. The molecule has 0 atom stereocenters. The lowest BCUT2D eigenvalue weighted by Gasteiger charge is -2.14. The molecule has 7 heteroatoms. The van der Waals surface area contributed by atoms with Gasteiger partial charge in [-0.2, -0.15) is 0 Å². The number of ether oxygens (including phenoxy) is 1. The van der Waals surface area contributed by atoms with Crippen LogP contribution in [-0.2, 0) is 0 Å². The normalized spacial score (nSPS) is 9.87. The summed E-state index contributed by atoms with van der Waals surface area (Å²) in [4.78, 5) is 12.0. The molecule has 0 fully saturated rings. The molecule has 23 heavy (non-hydrogen) atoms. The lowest BCUT2D eigenvalue weighted by Crippen LogP contribution is -2.43. The van der Waals surface area contributed by atoms with Crippen molar-refractivity contribution in [3.8, 4) is 5.75 Å². The molecule has 0 heterocycles. The van der Waals surface area contributed by atoms with Crippen LogP contribution in [-0.4, -0.2) is 18.1 Å². The molecular formula is C16H16ClN3O2S. The Labute approximate surface area is 145 Å². The quantitative estimate of drug-likeness (QED) is 0.586. The van der Waals surface area contributed by atoms with Crippen molar-refractivity contribution in [3.05, 3.63) is 58.6 Å². The molecule has 0 saturated heterocycles. The summed E-state index contributed by atoms with van der Waals surface area (Å²) in [6, 6.07) is 12.2. The first-order valence-corrected chi connectivity index (χ1v) is 7.56. The first-order chi connectivity index (χ1) is 11.0. The number of anilines is 1. The average Bonchev–Trinajstić information content (AvgIpc) is 2.53. The molecule has 5 nitrogen and oxygen atoms in total. The van der Waals surface area contributed by atoms with Crippen molar-refractivity contribution in [1.29, 1.82) is 0 Å². The summed E-state index contributed by atoms with van der Waals surface area (Å²) < 4.78 is 5.26. The van der Waals surface area contributed by atoms with Crippen LogP contribution in [0.2, 0.25) is 5.02 Å². The predicted molar refractivity (Wildman–Crippen MR) is 96.0 cm³/mol. The predicted octanol–water partition coefficient (Wildman–Crippen LogP) is 3.29. The summed E-state index contributed by atoms with van der Waals surface area (Å²) in [7, 11) is 1.58. The van der Waals surface area contributed by atoms with Gasteiger partial charge in [0, 0.05) is 10.6 Å². The molecule has 0 bridgehead atoms. The molecule has 3 N–H and O–H groups in total. The maximum Gasteiger partial charge on any atom is 0.269 e. The molecule has 0 aliphatic heterocycles. The minimum absolute atomic E-state index is 0.246. The summed E-state index contributed by atoms with van der Waals surface area (Å²) in [5.41, 5.74) is 7.40. The second-order valence-electron chi connectivity index (χ2n) is 4.74. The van der Waals surface area contributed by atoms with Gasteiger partial charge in [-0.25, -0.2) is 0 Å². The highest BCUT2D eigenvalue weighted by atomic mass is 35.5. The zero-order chi connectivity index (χ0) is 16.8. The highest BCUT2D eigenvalue weighted by Gasteiger charge is 2.08. The van der Waals surface area contributed by atoms with Gasteiger partial charge in [-0.15, -0.1) is 0 Å². The van der Waals surface area contributed by atoms with E-state index in [4.69, 9.17) is 28.6 Å². The largest absolute Gasteiger partial charge is 0.495 e. The number of amides is 1. The standard InChI is InChI=1S/C16H16ClN3O2S/c1-10-3-8-14(22-2)13(9-10)18-16(23)20-19-15(21)11-4-6-12(17)7-5-11/h3-9H,1-2H3,(H,19,21)(H2,18,20,23). The van der Waals surface area contributed by atoms with E-state index in [0.29, 0.717) is 22.0 Å². The number of halogens is 1. The Hall–Kier alpha value is -2.31. The van der Waals surface area contributed by atoms with Crippen LogP contribution in [0.1, 0.15) is 15.9 Å². The van der Waals surface area contributed by atoms with E-state index >= 15 is 0 Å². The number of hydrogen-bond donors (Lipinski definition) is 3. The maximum atomic E-state index is 12.0. The van der Waals surface area contributed by atoms with E-state index in [1.165, 1.54) is 0 Å². The second-order valence-corrected chi connectivity index (χ2v) is 5.59. The molecule has 2 rings (SSSR count). The van der Waals surface area contributed by atoms with E-state index in [1.54, 1.807) is 31.4 Å².